The van der Waals surface area contributed by atoms with E-state index in [0.717, 1.165) is 36.4 Å². The third-order valence-corrected chi connectivity index (χ3v) is 8.73. The summed E-state index contributed by atoms with van der Waals surface area (Å²) in [5.41, 5.74) is 3.54. The molecule has 38 heavy (non-hydrogen) atoms. The van der Waals surface area contributed by atoms with Gasteiger partial charge in [-0.25, -0.2) is 4.79 Å². The van der Waals surface area contributed by atoms with Crippen molar-refractivity contribution in [1.29, 1.82) is 0 Å². The van der Waals surface area contributed by atoms with Crippen LogP contribution in [0.15, 0.2) is 103 Å². The van der Waals surface area contributed by atoms with E-state index < -0.39 is 11.5 Å². The topological polar surface area (TPSA) is 58.6 Å². The molecule has 2 aliphatic rings. The Morgan fingerprint density at radius 2 is 1.53 bits per heavy atom. The van der Waals surface area contributed by atoms with Gasteiger partial charge in [0.25, 0.3) is 0 Å². The third-order valence-electron chi connectivity index (χ3n) is 8.50. The molecule has 1 atom stereocenters. The van der Waals surface area contributed by atoms with E-state index in [1.807, 2.05) is 48.5 Å². The van der Waals surface area contributed by atoms with Gasteiger partial charge < -0.3 is 15.2 Å². The molecule has 0 heterocycles. The van der Waals surface area contributed by atoms with E-state index in [2.05, 4.69) is 47.8 Å². The zero-order valence-corrected chi connectivity index (χ0v) is 21.8. The quantitative estimate of drug-likeness (QED) is 0.267. The highest BCUT2D eigenvalue weighted by atomic mass is 35.5. The lowest BCUT2D eigenvalue weighted by atomic mass is 9.59. The normalized spacial score (nSPS) is 24.1. The number of carbonyl (C=O) groups is 1. The number of para-hydroxylation sites is 1. The van der Waals surface area contributed by atoms with Crippen LogP contribution in [0, 0.1) is 0 Å². The molecule has 2 aliphatic carbocycles. The summed E-state index contributed by atoms with van der Waals surface area (Å²) in [6.45, 7) is 0. The molecule has 192 valence electrons. The molecular weight excluding hydrogens is 494 g/mol. The molecule has 4 aromatic rings. The Balaban J connectivity index is 1.33. The van der Waals surface area contributed by atoms with Crippen molar-refractivity contribution in [2.45, 2.75) is 49.0 Å². The summed E-state index contributed by atoms with van der Waals surface area (Å²) < 4.78 is 6.17. The Labute approximate surface area is 228 Å². The largest absolute Gasteiger partial charge is 0.480 e. The summed E-state index contributed by atoms with van der Waals surface area (Å²) >= 11 is 6.20. The molecule has 0 bridgehead atoms. The predicted molar refractivity (Wildman–Crippen MR) is 151 cm³/mol. The first-order valence-corrected chi connectivity index (χ1v) is 13.5. The Kier molecular flexibility index (Phi) is 6.37. The number of anilines is 1. The lowest BCUT2D eigenvalue weighted by molar-refractivity contribution is -0.144. The van der Waals surface area contributed by atoms with Crippen LogP contribution in [0.25, 0.3) is 0 Å². The number of carboxylic acids is 1. The number of aliphatic carboxylic acids is 1. The fraction of sp³-hybridized carbons (Fsp3) is 0.242. The minimum Gasteiger partial charge on any atom is -0.480 e. The second kappa shape index (κ2) is 9.85. The molecule has 0 aliphatic heterocycles. The molecule has 0 radical (unpaired) electrons. The van der Waals surface area contributed by atoms with Gasteiger partial charge in [-0.05, 0) is 97.2 Å². The van der Waals surface area contributed by atoms with Crippen molar-refractivity contribution in [3.05, 3.63) is 125 Å². The maximum absolute atomic E-state index is 12.7. The van der Waals surface area contributed by atoms with Gasteiger partial charge in [-0.2, -0.15) is 0 Å². The van der Waals surface area contributed by atoms with Gasteiger partial charge in [-0.3, -0.25) is 0 Å². The molecule has 0 unspecified atom stereocenters. The third kappa shape index (κ3) is 4.43. The van der Waals surface area contributed by atoms with Crippen LogP contribution < -0.4 is 10.1 Å². The van der Waals surface area contributed by atoms with Crippen molar-refractivity contribution < 1.29 is 14.6 Å². The first kappa shape index (κ1) is 24.6. The van der Waals surface area contributed by atoms with Crippen molar-refractivity contribution in [1.82, 2.24) is 0 Å². The summed E-state index contributed by atoms with van der Waals surface area (Å²) in [6, 6.07) is 34.3. The smallest absolute Gasteiger partial charge is 0.329 e. The molecule has 5 heteroatoms. The molecule has 4 aromatic carbocycles. The minimum absolute atomic E-state index is 0.128. The average Bonchev–Trinajstić information content (AvgIpc) is 3.25. The van der Waals surface area contributed by atoms with Gasteiger partial charge in [0.2, 0.25) is 0 Å². The number of ether oxygens (including phenoxy) is 1. The average molecular weight is 524 g/mol. The van der Waals surface area contributed by atoms with E-state index in [4.69, 9.17) is 16.3 Å². The Hall–Kier alpha value is -3.76. The molecule has 0 aromatic heterocycles. The van der Waals surface area contributed by atoms with Crippen molar-refractivity contribution >= 4 is 23.3 Å². The highest BCUT2D eigenvalue weighted by Gasteiger charge is 2.54. The number of rotatable bonds is 6. The van der Waals surface area contributed by atoms with Gasteiger partial charge in [0.05, 0.1) is 0 Å². The van der Waals surface area contributed by atoms with Crippen molar-refractivity contribution in [2.75, 3.05) is 5.32 Å². The zero-order chi connectivity index (χ0) is 26.2. The Morgan fingerprint density at radius 1 is 0.816 bits per heavy atom. The Morgan fingerprint density at radius 3 is 2.29 bits per heavy atom. The molecule has 1 saturated carbocycles. The fourth-order valence-corrected chi connectivity index (χ4v) is 6.81. The zero-order valence-electron chi connectivity index (χ0n) is 21.1. The molecule has 2 N–H and O–H groups in total. The number of nitrogens with one attached hydrogen (secondary N) is 1. The summed E-state index contributed by atoms with van der Waals surface area (Å²) in [4.78, 5) is 12.7. The highest BCUT2D eigenvalue weighted by molar-refractivity contribution is 6.30. The summed E-state index contributed by atoms with van der Waals surface area (Å²) in [6.07, 6.45) is 3.54. The summed E-state index contributed by atoms with van der Waals surface area (Å²) in [5, 5.41) is 14.3. The van der Waals surface area contributed by atoms with Crippen LogP contribution >= 0.6 is 11.6 Å². The standard InChI is InChI=1S/C33H30ClNO3/c34-25-10-7-11-26(22-25)35-33(31(36)37)18-16-32(17-19-33)29-15-5-4-8-24(29)21-30(32)23-9-6-14-28(20-23)38-27-12-2-1-3-13-27/h1-15,20,22,30,35H,16-19,21H2,(H,36,37)/t30-,32?,33?/m1/s1. The molecule has 6 rings (SSSR count). The first-order valence-electron chi connectivity index (χ1n) is 13.2. The minimum atomic E-state index is -1.03. The number of hydrogen-bond donors (Lipinski definition) is 2. The molecule has 4 nitrogen and oxygen atoms in total. The van der Waals surface area contributed by atoms with Crippen LogP contribution in [-0.4, -0.2) is 16.6 Å². The monoisotopic (exact) mass is 523 g/mol. The van der Waals surface area contributed by atoms with Gasteiger partial charge in [-0.1, -0.05) is 72.3 Å². The molecule has 0 saturated heterocycles. The van der Waals surface area contributed by atoms with Gasteiger partial charge in [-0.15, -0.1) is 0 Å². The number of fused-ring (bicyclic) bond motifs is 2. The first-order chi connectivity index (χ1) is 18.5. The maximum Gasteiger partial charge on any atom is 0.329 e. The molecule has 1 spiro atoms. The number of benzene rings is 4. The van der Waals surface area contributed by atoms with Crippen LogP contribution in [0.4, 0.5) is 5.69 Å². The van der Waals surface area contributed by atoms with Crippen molar-refractivity contribution in [2.24, 2.45) is 0 Å². The van der Waals surface area contributed by atoms with Crippen LogP contribution in [0.2, 0.25) is 5.02 Å². The molecule has 0 amide bonds. The van der Waals surface area contributed by atoms with Crippen molar-refractivity contribution in [3.63, 3.8) is 0 Å². The number of carboxylic acid groups (broad SMARTS) is 1. The lowest BCUT2D eigenvalue weighted by Gasteiger charge is -2.47. The predicted octanol–water partition coefficient (Wildman–Crippen LogP) is 8.22. The second-order valence-electron chi connectivity index (χ2n) is 10.6. The van der Waals surface area contributed by atoms with E-state index in [9.17, 15) is 9.90 Å². The van der Waals surface area contributed by atoms with E-state index in [1.54, 1.807) is 12.1 Å². The maximum atomic E-state index is 12.7. The van der Waals surface area contributed by atoms with Gasteiger partial charge in [0.15, 0.2) is 0 Å². The fourth-order valence-electron chi connectivity index (χ4n) is 6.62. The number of hydrogen-bond acceptors (Lipinski definition) is 3. The van der Waals surface area contributed by atoms with E-state index in [1.165, 1.54) is 16.7 Å². The van der Waals surface area contributed by atoms with E-state index in [0.29, 0.717) is 17.9 Å². The van der Waals surface area contributed by atoms with Gasteiger partial charge >= 0.3 is 5.97 Å². The summed E-state index contributed by atoms with van der Waals surface area (Å²) in [7, 11) is 0. The van der Waals surface area contributed by atoms with Crippen LogP contribution in [0.1, 0.15) is 48.3 Å². The van der Waals surface area contributed by atoms with E-state index in [-0.39, 0.29) is 11.3 Å². The Bertz CT molecular complexity index is 1460. The van der Waals surface area contributed by atoms with Gasteiger partial charge in [0, 0.05) is 16.1 Å². The van der Waals surface area contributed by atoms with Crippen molar-refractivity contribution in [3.8, 4) is 11.5 Å². The second-order valence-corrected chi connectivity index (χ2v) is 11.0. The highest BCUT2D eigenvalue weighted by Crippen LogP contribution is 2.58. The van der Waals surface area contributed by atoms with E-state index >= 15 is 0 Å². The molecule has 1 fully saturated rings. The molecular formula is C33H30ClNO3. The summed E-state index contributed by atoms with van der Waals surface area (Å²) in [5.74, 6) is 1.06. The van der Waals surface area contributed by atoms with Crippen LogP contribution in [0.3, 0.4) is 0 Å². The number of halogens is 1. The SMILES string of the molecule is O=C(O)C1(Nc2cccc(Cl)c2)CCC2(CC1)c1ccccc1C[C@@H]2c1cccc(Oc2ccccc2)c1. The van der Waals surface area contributed by atoms with Gasteiger partial charge in [0.1, 0.15) is 17.0 Å². The van der Waals surface area contributed by atoms with Crippen LogP contribution in [0.5, 0.6) is 11.5 Å². The lowest BCUT2D eigenvalue weighted by Crippen LogP contribution is -2.52. The van der Waals surface area contributed by atoms with Crippen LogP contribution in [-0.2, 0) is 16.6 Å².